The topological polar surface area (TPSA) is 0 Å². The van der Waals surface area contributed by atoms with Gasteiger partial charge in [0.05, 0.1) is 18.2 Å². The SMILES string of the molecule is ClC1=[C+]C=C([B-](c2ccc(Cl)cc2)(c2ccc(Cl)cc2)c2ccc(Cl)cc2)C=C1. The number of allylic oxidation sites excluding steroid dienone is 6. The van der Waals surface area contributed by atoms with Crippen LogP contribution >= 0.6 is 46.4 Å². The fourth-order valence-electron chi connectivity index (χ4n) is 4.10. The first-order valence-corrected chi connectivity index (χ1v) is 10.6. The molecule has 5 heteroatoms. The molecule has 0 N–H and O–H groups in total. The van der Waals surface area contributed by atoms with Gasteiger partial charge in [-0.15, -0.1) is 0 Å². The van der Waals surface area contributed by atoms with Crippen molar-refractivity contribution in [3.63, 3.8) is 0 Å². The van der Waals surface area contributed by atoms with E-state index in [4.69, 9.17) is 46.4 Å². The van der Waals surface area contributed by atoms with Crippen molar-refractivity contribution in [1.29, 1.82) is 0 Å². The van der Waals surface area contributed by atoms with E-state index >= 15 is 0 Å². The molecular weight excluding hydrogens is 441 g/mol. The summed E-state index contributed by atoms with van der Waals surface area (Å²) in [5, 5.41) is 2.64. The maximum absolute atomic E-state index is 6.21. The van der Waals surface area contributed by atoms with Gasteiger partial charge in [0.25, 0.3) is 0 Å². The van der Waals surface area contributed by atoms with E-state index in [1.807, 2.05) is 48.6 Å². The van der Waals surface area contributed by atoms with Crippen LogP contribution in [0.15, 0.2) is 102 Å². The Bertz CT molecular complexity index is 998. The van der Waals surface area contributed by atoms with Gasteiger partial charge in [0.1, 0.15) is 0 Å². The monoisotopic (exact) mass is 454 g/mol. The summed E-state index contributed by atoms with van der Waals surface area (Å²) in [7, 11) is 0. The normalized spacial score (nSPS) is 13.5. The number of hydrogen-bond donors (Lipinski definition) is 0. The van der Waals surface area contributed by atoms with Crippen LogP contribution in [0.4, 0.5) is 0 Å². The molecule has 0 aromatic heterocycles. The fraction of sp³-hybridized carbons (Fsp3) is 0. The Balaban J connectivity index is 2.09. The van der Waals surface area contributed by atoms with Crippen molar-refractivity contribution in [3.8, 4) is 0 Å². The lowest BCUT2D eigenvalue weighted by Crippen LogP contribution is -2.68. The van der Waals surface area contributed by atoms with Crippen LogP contribution in [0.25, 0.3) is 0 Å². The first-order valence-electron chi connectivity index (χ1n) is 9.11. The van der Waals surface area contributed by atoms with Gasteiger partial charge in [-0.25, -0.2) is 0 Å². The van der Waals surface area contributed by atoms with Crippen LogP contribution in [0.2, 0.25) is 15.1 Å². The fourth-order valence-corrected chi connectivity index (χ4v) is 4.59. The van der Waals surface area contributed by atoms with Gasteiger partial charge < -0.3 is 0 Å². The highest BCUT2D eigenvalue weighted by Gasteiger charge is 2.37. The number of benzene rings is 3. The Morgan fingerprint density at radius 2 is 0.897 bits per heavy atom. The van der Waals surface area contributed by atoms with Gasteiger partial charge in [-0.05, 0) is 48.0 Å². The average Bonchev–Trinajstić information content (AvgIpc) is 2.73. The minimum atomic E-state index is -1.54. The second-order valence-corrected chi connectivity index (χ2v) is 8.71. The number of rotatable bonds is 4. The zero-order valence-corrected chi connectivity index (χ0v) is 18.3. The molecule has 0 fully saturated rings. The highest BCUT2D eigenvalue weighted by atomic mass is 35.5. The molecule has 0 unspecified atom stereocenters. The smallest absolute Gasteiger partial charge is 0.181 e. The van der Waals surface area contributed by atoms with E-state index in [-0.39, 0.29) is 0 Å². The van der Waals surface area contributed by atoms with Crippen molar-refractivity contribution >= 4 is 68.9 Å². The van der Waals surface area contributed by atoms with E-state index in [0.29, 0.717) is 20.1 Å². The van der Waals surface area contributed by atoms with Crippen LogP contribution in [-0.2, 0) is 0 Å². The summed E-state index contributed by atoms with van der Waals surface area (Å²) in [5.41, 5.74) is 4.45. The van der Waals surface area contributed by atoms with E-state index in [9.17, 15) is 0 Å². The Morgan fingerprint density at radius 1 is 0.517 bits per heavy atom. The largest absolute Gasteiger partial charge is 0.204 e. The molecule has 0 amide bonds. The molecule has 0 bridgehead atoms. The van der Waals surface area contributed by atoms with E-state index in [0.717, 1.165) is 21.9 Å². The van der Waals surface area contributed by atoms with Gasteiger partial charge in [-0.1, -0.05) is 76.7 Å². The Kier molecular flexibility index (Phi) is 5.88. The predicted octanol–water partition coefficient (Wildman–Crippen LogP) is 6.08. The Morgan fingerprint density at radius 3 is 1.21 bits per heavy atom. The molecule has 1 aliphatic carbocycles. The van der Waals surface area contributed by atoms with Gasteiger partial charge in [0.2, 0.25) is 5.03 Å². The Hall–Kier alpha value is -1.99. The average molecular weight is 456 g/mol. The molecule has 0 atom stereocenters. The zero-order chi connectivity index (χ0) is 20.4. The van der Waals surface area contributed by atoms with Crippen molar-refractivity contribution in [2.24, 2.45) is 0 Å². The van der Waals surface area contributed by atoms with Crippen LogP contribution in [0.1, 0.15) is 0 Å². The van der Waals surface area contributed by atoms with Crippen molar-refractivity contribution in [2.75, 3.05) is 0 Å². The maximum atomic E-state index is 6.21. The molecule has 0 aliphatic heterocycles. The molecular formula is C24H15BCl4. The highest BCUT2D eigenvalue weighted by Crippen LogP contribution is 2.25. The molecule has 0 nitrogen and oxygen atoms in total. The molecule has 4 rings (SSSR count). The first-order chi connectivity index (χ1) is 14.0. The quantitative estimate of drug-likeness (QED) is 0.330. The van der Waals surface area contributed by atoms with Crippen molar-refractivity contribution < 1.29 is 0 Å². The van der Waals surface area contributed by atoms with Gasteiger partial charge in [-0.3, -0.25) is 0 Å². The van der Waals surface area contributed by atoms with Gasteiger partial charge in [-0.2, -0.15) is 16.4 Å². The molecule has 0 heterocycles. The molecule has 1 aliphatic rings. The van der Waals surface area contributed by atoms with Gasteiger partial charge in [0.15, 0.2) is 6.15 Å². The maximum Gasteiger partial charge on any atom is 0.204 e. The summed E-state index contributed by atoms with van der Waals surface area (Å²) in [6.07, 6.45) is 7.49. The van der Waals surface area contributed by atoms with Crippen molar-refractivity contribution in [2.45, 2.75) is 0 Å². The summed E-state index contributed by atoms with van der Waals surface area (Å²) in [4.78, 5) is 0. The summed E-state index contributed by atoms with van der Waals surface area (Å²) in [6.45, 7) is 0. The predicted molar refractivity (Wildman–Crippen MR) is 129 cm³/mol. The molecule has 0 radical (unpaired) electrons. The third-order valence-electron chi connectivity index (χ3n) is 5.41. The number of halogens is 4. The lowest BCUT2D eigenvalue weighted by atomic mass is 9.12. The number of hydrogen-bond acceptors (Lipinski definition) is 0. The second-order valence-electron chi connectivity index (χ2n) is 6.99. The summed E-state index contributed by atoms with van der Waals surface area (Å²) < 4.78 is 0. The lowest BCUT2D eigenvalue weighted by molar-refractivity contribution is 1.60. The molecule has 0 saturated heterocycles. The lowest BCUT2D eigenvalue weighted by Gasteiger charge is -2.41. The molecule has 142 valence electrons. The second kappa shape index (κ2) is 8.40. The molecule has 0 saturated carbocycles. The van der Waals surface area contributed by atoms with Crippen LogP contribution in [0, 0.1) is 6.08 Å². The van der Waals surface area contributed by atoms with Crippen molar-refractivity contribution in [3.05, 3.63) is 123 Å². The third-order valence-corrected chi connectivity index (χ3v) is 6.40. The van der Waals surface area contributed by atoms with Crippen LogP contribution < -0.4 is 16.4 Å². The van der Waals surface area contributed by atoms with Crippen LogP contribution in [-0.4, -0.2) is 6.15 Å². The van der Waals surface area contributed by atoms with Gasteiger partial charge in [0, 0.05) is 21.1 Å². The van der Waals surface area contributed by atoms with Crippen LogP contribution in [0.3, 0.4) is 0 Å². The Labute approximate surface area is 191 Å². The molecule has 0 spiro atoms. The van der Waals surface area contributed by atoms with Crippen molar-refractivity contribution in [1.82, 2.24) is 0 Å². The van der Waals surface area contributed by atoms with E-state index in [1.54, 1.807) is 0 Å². The summed E-state index contributed by atoms with van der Waals surface area (Å²) in [6, 6.07) is 23.9. The summed E-state index contributed by atoms with van der Waals surface area (Å²) >= 11 is 24.8. The van der Waals surface area contributed by atoms with Crippen LogP contribution in [0.5, 0.6) is 0 Å². The highest BCUT2D eigenvalue weighted by molar-refractivity contribution is 7.16. The zero-order valence-electron chi connectivity index (χ0n) is 15.2. The van der Waals surface area contributed by atoms with E-state index in [2.05, 4.69) is 48.6 Å². The first kappa shape index (κ1) is 20.3. The third kappa shape index (κ3) is 3.90. The van der Waals surface area contributed by atoms with Gasteiger partial charge >= 0.3 is 0 Å². The van der Waals surface area contributed by atoms with E-state index < -0.39 is 6.15 Å². The summed E-state index contributed by atoms with van der Waals surface area (Å²) in [5.74, 6) is 0. The molecule has 3 aromatic carbocycles. The van der Waals surface area contributed by atoms with E-state index in [1.165, 1.54) is 0 Å². The molecule has 3 aromatic rings. The molecule has 29 heavy (non-hydrogen) atoms. The standard InChI is InChI=1S/C24H15BCl4/c26-21-9-1-17(2-10-21)25(18-3-11-22(27)12-4-18,19-5-13-23(28)14-6-19)20-7-15-24(29)16-8-20/h1-15H. The minimum absolute atomic E-state index is 0.571. The minimum Gasteiger partial charge on any atom is -0.181 e.